The summed E-state index contributed by atoms with van der Waals surface area (Å²) in [7, 11) is 0. The Hall–Kier alpha value is -3.32. The second-order valence-electron chi connectivity index (χ2n) is 8.10. The number of hydrogen-bond donors (Lipinski definition) is 3. The van der Waals surface area contributed by atoms with E-state index in [4.69, 9.17) is 14.9 Å². The van der Waals surface area contributed by atoms with Gasteiger partial charge in [0.2, 0.25) is 5.75 Å². The molecule has 0 aliphatic carbocycles. The van der Waals surface area contributed by atoms with Gasteiger partial charge in [0.1, 0.15) is 6.26 Å². The van der Waals surface area contributed by atoms with Crippen LogP contribution in [-0.2, 0) is 6.42 Å². The van der Waals surface area contributed by atoms with Crippen molar-refractivity contribution in [2.45, 2.75) is 32.1 Å². The van der Waals surface area contributed by atoms with Crippen molar-refractivity contribution in [3.05, 3.63) is 59.7 Å². The standard InChI is InChI=1S/C24H27N5O2/c1-15-4-2-3-5-16(15)8-11-30-23-22-19(12-27-24(23)25)20(14-31-22)18-13-28-29-21(18)17-6-9-26-10-7-17/h2-5,12-14,17,26H,6-11H2,1H3,(H2,25,27)(H,28,29). The van der Waals surface area contributed by atoms with Crippen LogP contribution in [0.3, 0.4) is 0 Å². The zero-order chi connectivity index (χ0) is 21.2. The molecular formula is C24H27N5O2. The lowest BCUT2D eigenvalue weighted by Gasteiger charge is -2.21. The van der Waals surface area contributed by atoms with E-state index in [1.807, 2.05) is 18.3 Å². The summed E-state index contributed by atoms with van der Waals surface area (Å²) in [5.41, 5.74) is 12.4. The van der Waals surface area contributed by atoms with Crippen molar-refractivity contribution in [1.29, 1.82) is 0 Å². The van der Waals surface area contributed by atoms with Crippen molar-refractivity contribution in [2.24, 2.45) is 0 Å². The van der Waals surface area contributed by atoms with E-state index in [9.17, 15) is 0 Å². The summed E-state index contributed by atoms with van der Waals surface area (Å²) >= 11 is 0. The first-order valence-electron chi connectivity index (χ1n) is 10.8. The van der Waals surface area contributed by atoms with Crippen LogP contribution in [-0.4, -0.2) is 34.9 Å². The van der Waals surface area contributed by atoms with Gasteiger partial charge in [-0.05, 0) is 44.0 Å². The maximum atomic E-state index is 6.15. The molecule has 0 amide bonds. The molecule has 7 nitrogen and oxygen atoms in total. The Balaban J connectivity index is 1.43. The van der Waals surface area contributed by atoms with Crippen molar-refractivity contribution < 1.29 is 9.15 Å². The number of nitrogens with zero attached hydrogens (tertiary/aromatic N) is 2. The van der Waals surface area contributed by atoms with Gasteiger partial charge in [-0.3, -0.25) is 5.10 Å². The number of hydrogen-bond acceptors (Lipinski definition) is 6. The molecule has 5 rings (SSSR count). The van der Waals surface area contributed by atoms with Crippen molar-refractivity contribution in [2.75, 3.05) is 25.4 Å². The molecule has 4 N–H and O–H groups in total. The van der Waals surface area contributed by atoms with Crippen LogP contribution in [0.5, 0.6) is 5.75 Å². The fourth-order valence-corrected chi connectivity index (χ4v) is 4.40. The molecule has 7 heteroatoms. The number of furan rings is 1. The Bertz CT molecular complexity index is 1190. The van der Waals surface area contributed by atoms with Gasteiger partial charge in [0.05, 0.1) is 17.7 Å². The molecule has 1 saturated heterocycles. The maximum Gasteiger partial charge on any atom is 0.205 e. The van der Waals surface area contributed by atoms with E-state index in [1.54, 1.807) is 12.5 Å². The number of ether oxygens (including phenoxy) is 1. The van der Waals surface area contributed by atoms with Crippen LogP contribution < -0.4 is 15.8 Å². The second-order valence-corrected chi connectivity index (χ2v) is 8.10. The number of fused-ring (bicyclic) bond motifs is 1. The summed E-state index contributed by atoms with van der Waals surface area (Å²) in [6, 6.07) is 8.31. The van der Waals surface area contributed by atoms with Gasteiger partial charge in [-0.2, -0.15) is 5.10 Å². The first-order chi connectivity index (χ1) is 15.2. The molecular weight excluding hydrogens is 390 g/mol. The molecule has 1 aliphatic heterocycles. The third-order valence-electron chi connectivity index (χ3n) is 6.17. The summed E-state index contributed by atoms with van der Waals surface area (Å²) in [4.78, 5) is 4.39. The van der Waals surface area contributed by atoms with Gasteiger partial charge in [0, 0.05) is 35.9 Å². The van der Waals surface area contributed by atoms with Gasteiger partial charge in [-0.1, -0.05) is 24.3 Å². The van der Waals surface area contributed by atoms with Gasteiger partial charge >= 0.3 is 0 Å². The summed E-state index contributed by atoms with van der Waals surface area (Å²) in [5.74, 6) is 1.27. The Labute approximate surface area is 181 Å². The Kier molecular flexibility index (Phi) is 5.34. The number of aromatic amines is 1. The smallest absolute Gasteiger partial charge is 0.205 e. The zero-order valence-electron chi connectivity index (χ0n) is 17.6. The minimum atomic E-state index is 0.337. The number of H-pyrrole nitrogens is 1. The van der Waals surface area contributed by atoms with Crippen molar-refractivity contribution in [3.8, 4) is 16.9 Å². The van der Waals surface area contributed by atoms with E-state index in [1.165, 1.54) is 11.1 Å². The molecule has 4 aromatic rings. The molecule has 4 heterocycles. The van der Waals surface area contributed by atoms with Gasteiger partial charge in [-0.25, -0.2) is 4.98 Å². The van der Waals surface area contributed by atoms with Gasteiger partial charge in [-0.15, -0.1) is 0 Å². The molecule has 0 saturated carbocycles. The summed E-state index contributed by atoms with van der Waals surface area (Å²) in [6.07, 6.45) is 8.40. The molecule has 160 valence electrons. The monoisotopic (exact) mass is 417 g/mol. The van der Waals surface area contributed by atoms with Crippen LogP contribution in [0.2, 0.25) is 0 Å². The lowest BCUT2D eigenvalue weighted by atomic mass is 9.90. The average molecular weight is 418 g/mol. The molecule has 1 fully saturated rings. The van der Waals surface area contributed by atoms with Gasteiger partial charge in [0.15, 0.2) is 11.4 Å². The number of aryl methyl sites for hydroxylation is 1. The average Bonchev–Trinajstić information content (AvgIpc) is 3.44. The number of benzene rings is 1. The van der Waals surface area contributed by atoms with E-state index < -0.39 is 0 Å². The third-order valence-corrected chi connectivity index (χ3v) is 6.17. The fraction of sp³-hybridized carbons (Fsp3) is 0.333. The van der Waals surface area contributed by atoms with E-state index >= 15 is 0 Å². The largest absolute Gasteiger partial charge is 0.486 e. The van der Waals surface area contributed by atoms with Crippen molar-refractivity contribution in [3.63, 3.8) is 0 Å². The predicted molar refractivity (Wildman–Crippen MR) is 121 cm³/mol. The molecule has 0 unspecified atom stereocenters. The Morgan fingerprint density at radius 1 is 1.19 bits per heavy atom. The Morgan fingerprint density at radius 2 is 2.03 bits per heavy atom. The number of nitrogens with two attached hydrogens (primary N) is 1. The van der Waals surface area contributed by atoms with E-state index in [0.717, 1.165) is 54.6 Å². The fourth-order valence-electron chi connectivity index (χ4n) is 4.40. The maximum absolute atomic E-state index is 6.15. The molecule has 1 aromatic carbocycles. The minimum absolute atomic E-state index is 0.337. The number of anilines is 1. The topological polar surface area (TPSA) is 102 Å². The minimum Gasteiger partial charge on any atom is -0.486 e. The number of piperidine rings is 1. The van der Waals surface area contributed by atoms with Crippen LogP contribution in [0.25, 0.3) is 22.1 Å². The molecule has 0 spiro atoms. The highest BCUT2D eigenvalue weighted by Crippen LogP contribution is 2.40. The van der Waals surface area contributed by atoms with Crippen molar-refractivity contribution >= 4 is 16.8 Å². The highest BCUT2D eigenvalue weighted by atomic mass is 16.5. The quantitative estimate of drug-likeness (QED) is 0.435. The number of pyridine rings is 1. The summed E-state index contributed by atoms with van der Waals surface area (Å²) < 4.78 is 12.0. The molecule has 0 bridgehead atoms. The summed E-state index contributed by atoms with van der Waals surface area (Å²) in [5, 5.41) is 11.9. The highest BCUT2D eigenvalue weighted by molar-refractivity contribution is 5.98. The molecule has 3 aromatic heterocycles. The normalized spacial score (nSPS) is 14.9. The number of nitrogens with one attached hydrogen (secondary N) is 2. The van der Waals surface area contributed by atoms with Crippen LogP contribution in [0, 0.1) is 6.92 Å². The summed E-state index contributed by atoms with van der Waals surface area (Å²) in [6.45, 7) is 4.63. The first-order valence-corrected chi connectivity index (χ1v) is 10.8. The first kappa shape index (κ1) is 19.6. The predicted octanol–water partition coefficient (Wildman–Crippen LogP) is 4.20. The highest BCUT2D eigenvalue weighted by Gasteiger charge is 2.24. The van der Waals surface area contributed by atoms with Gasteiger partial charge < -0.3 is 20.2 Å². The van der Waals surface area contributed by atoms with Crippen molar-refractivity contribution in [1.82, 2.24) is 20.5 Å². The number of nitrogen functional groups attached to an aromatic ring is 1. The third kappa shape index (κ3) is 3.77. The second kappa shape index (κ2) is 8.43. The number of rotatable bonds is 6. The lowest BCUT2D eigenvalue weighted by Crippen LogP contribution is -2.27. The van der Waals surface area contributed by atoms with Crippen LogP contribution in [0.1, 0.15) is 35.6 Å². The molecule has 0 atom stereocenters. The van der Waals surface area contributed by atoms with Gasteiger partial charge in [0.25, 0.3) is 0 Å². The zero-order valence-corrected chi connectivity index (χ0v) is 17.6. The SMILES string of the molecule is Cc1ccccc1CCOc1c(N)ncc2c(-c3c[nH]nc3C3CCNCC3)coc12. The van der Waals surface area contributed by atoms with Crippen LogP contribution >= 0.6 is 0 Å². The van der Waals surface area contributed by atoms with E-state index in [2.05, 4.69) is 39.6 Å². The van der Waals surface area contributed by atoms with E-state index in [0.29, 0.717) is 29.7 Å². The molecule has 31 heavy (non-hydrogen) atoms. The molecule has 1 aliphatic rings. The lowest BCUT2D eigenvalue weighted by molar-refractivity contribution is 0.321. The van der Waals surface area contributed by atoms with E-state index in [-0.39, 0.29) is 0 Å². The number of aromatic nitrogens is 3. The van der Waals surface area contributed by atoms with Crippen LogP contribution in [0.15, 0.2) is 47.3 Å². The Morgan fingerprint density at radius 3 is 2.87 bits per heavy atom. The molecule has 0 radical (unpaired) electrons. The van der Waals surface area contributed by atoms with Crippen LogP contribution in [0.4, 0.5) is 5.82 Å².